The Morgan fingerprint density at radius 1 is 1.57 bits per heavy atom. The van der Waals surface area contributed by atoms with Gasteiger partial charge in [-0.1, -0.05) is 17.7 Å². The monoisotopic (exact) mass is 207 g/mol. The van der Waals surface area contributed by atoms with Crippen LogP contribution in [0.2, 0.25) is 5.15 Å². The van der Waals surface area contributed by atoms with Crippen molar-refractivity contribution in [3.8, 4) is 0 Å². The van der Waals surface area contributed by atoms with E-state index in [-0.39, 0.29) is 6.04 Å². The number of halogens is 1. The second kappa shape index (κ2) is 2.72. The Labute approximate surface area is 87.2 Å². The van der Waals surface area contributed by atoms with E-state index in [4.69, 9.17) is 17.3 Å². The average molecular weight is 208 g/mol. The third kappa shape index (κ3) is 0.996. The van der Waals surface area contributed by atoms with Crippen LogP contribution in [0.3, 0.4) is 0 Å². The Balaban J connectivity index is 1.95. The summed E-state index contributed by atoms with van der Waals surface area (Å²) in [7, 11) is 0. The SMILES string of the molecule is NC1C2=CC1CN2c1ccnc(Cl)c1. The van der Waals surface area contributed by atoms with Crippen molar-refractivity contribution in [1.29, 1.82) is 0 Å². The van der Waals surface area contributed by atoms with Gasteiger partial charge in [-0.2, -0.15) is 0 Å². The lowest BCUT2D eigenvalue weighted by Crippen LogP contribution is -2.34. The van der Waals surface area contributed by atoms with Crippen molar-refractivity contribution in [3.63, 3.8) is 0 Å². The van der Waals surface area contributed by atoms with Gasteiger partial charge < -0.3 is 10.6 Å². The fraction of sp³-hybridized carbons (Fsp3) is 0.300. The molecule has 0 spiro atoms. The van der Waals surface area contributed by atoms with Crippen LogP contribution in [0.15, 0.2) is 30.1 Å². The van der Waals surface area contributed by atoms with Crippen LogP contribution in [0.25, 0.3) is 0 Å². The number of anilines is 1. The number of pyridine rings is 1. The van der Waals surface area contributed by atoms with Crippen LogP contribution in [0.4, 0.5) is 5.69 Å². The van der Waals surface area contributed by atoms with Gasteiger partial charge in [-0.3, -0.25) is 0 Å². The van der Waals surface area contributed by atoms with E-state index in [0.29, 0.717) is 11.1 Å². The predicted molar refractivity (Wildman–Crippen MR) is 56.1 cm³/mol. The summed E-state index contributed by atoms with van der Waals surface area (Å²) >= 11 is 5.83. The van der Waals surface area contributed by atoms with Gasteiger partial charge in [0.1, 0.15) is 5.15 Å². The molecule has 0 aromatic carbocycles. The zero-order valence-corrected chi connectivity index (χ0v) is 8.28. The molecule has 1 saturated heterocycles. The molecule has 1 aliphatic carbocycles. The van der Waals surface area contributed by atoms with Crippen molar-refractivity contribution >= 4 is 17.3 Å². The number of rotatable bonds is 1. The van der Waals surface area contributed by atoms with E-state index in [0.717, 1.165) is 12.2 Å². The van der Waals surface area contributed by atoms with Crippen molar-refractivity contribution in [2.75, 3.05) is 11.4 Å². The molecule has 2 N–H and O–H groups in total. The molecule has 1 aromatic heterocycles. The molecule has 3 aliphatic rings. The predicted octanol–water partition coefficient (Wildman–Crippen LogP) is 1.40. The molecule has 2 atom stereocenters. The molecule has 0 radical (unpaired) electrons. The first-order chi connectivity index (χ1) is 6.75. The smallest absolute Gasteiger partial charge is 0.131 e. The number of fused-ring (bicyclic) bond motifs is 1. The maximum absolute atomic E-state index is 5.94. The van der Waals surface area contributed by atoms with Gasteiger partial charge in [0, 0.05) is 30.0 Å². The van der Waals surface area contributed by atoms with Gasteiger partial charge in [-0.15, -0.1) is 0 Å². The first-order valence-corrected chi connectivity index (χ1v) is 5.00. The summed E-state index contributed by atoms with van der Waals surface area (Å²) < 4.78 is 0. The zero-order chi connectivity index (χ0) is 9.71. The minimum atomic E-state index is 0.224. The zero-order valence-electron chi connectivity index (χ0n) is 7.52. The Morgan fingerprint density at radius 2 is 2.43 bits per heavy atom. The Kier molecular flexibility index (Phi) is 1.60. The number of nitrogens with zero attached hydrogens (tertiary/aromatic N) is 2. The summed E-state index contributed by atoms with van der Waals surface area (Å²) in [5.41, 5.74) is 8.24. The van der Waals surface area contributed by atoms with Gasteiger partial charge in [-0.05, 0) is 12.1 Å². The fourth-order valence-electron chi connectivity index (χ4n) is 2.10. The Morgan fingerprint density at radius 3 is 3.00 bits per heavy atom. The molecule has 3 nitrogen and oxygen atoms in total. The van der Waals surface area contributed by atoms with Gasteiger partial charge in [0.25, 0.3) is 0 Å². The molecule has 72 valence electrons. The van der Waals surface area contributed by atoms with Crippen molar-refractivity contribution in [1.82, 2.24) is 4.98 Å². The lowest BCUT2D eigenvalue weighted by molar-refractivity contribution is 0.596. The molecular formula is C10H10ClN3. The van der Waals surface area contributed by atoms with Gasteiger partial charge in [0.15, 0.2) is 0 Å². The molecule has 2 unspecified atom stereocenters. The van der Waals surface area contributed by atoms with E-state index >= 15 is 0 Å². The second-order valence-corrected chi connectivity index (χ2v) is 4.12. The first-order valence-electron chi connectivity index (χ1n) is 4.62. The van der Waals surface area contributed by atoms with Crippen LogP contribution in [-0.4, -0.2) is 17.6 Å². The maximum atomic E-state index is 5.94. The Hall–Kier alpha value is -1.06. The highest BCUT2D eigenvalue weighted by molar-refractivity contribution is 6.29. The molecule has 2 bridgehead atoms. The van der Waals surface area contributed by atoms with Gasteiger partial charge in [-0.25, -0.2) is 4.98 Å². The summed E-state index contributed by atoms with van der Waals surface area (Å²) in [4.78, 5) is 6.17. The van der Waals surface area contributed by atoms with E-state index in [1.807, 2.05) is 12.1 Å². The number of hydrogen-bond donors (Lipinski definition) is 1. The second-order valence-electron chi connectivity index (χ2n) is 3.73. The van der Waals surface area contributed by atoms with Crippen LogP contribution < -0.4 is 10.6 Å². The van der Waals surface area contributed by atoms with E-state index < -0.39 is 0 Å². The quantitative estimate of drug-likeness (QED) is 0.708. The summed E-state index contributed by atoms with van der Waals surface area (Å²) in [5.74, 6) is 0.525. The highest BCUT2D eigenvalue weighted by Crippen LogP contribution is 2.40. The topological polar surface area (TPSA) is 42.1 Å². The van der Waals surface area contributed by atoms with E-state index in [1.165, 1.54) is 5.70 Å². The first kappa shape index (κ1) is 8.26. The van der Waals surface area contributed by atoms with Crippen LogP contribution in [-0.2, 0) is 0 Å². The maximum Gasteiger partial charge on any atom is 0.131 e. The standard InChI is InChI=1S/C10H10ClN3/c11-9-4-7(1-2-13-9)14-5-6-3-8(14)10(6)12/h1-4,6,10H,5,12H2. The van der Waals surface area contributed by atoms with E-state index in [9.17, 15) is 0 Å². The molecule has 0 amide bonds. The Bertz CT molecular complexity index is 416. The lowest BCUT2D eigenvalue weighted by atomic mass is 9.92. The highest BCUT2D eigenvalue weighted by Gasteiger charge is 2.42. The molecule has 1 fully saturated rings. The summed E-state index contributed by atoms with van der Waals surface area (Å²) in [6, 6.07) is 4.05. The van der Waals surface area contributed by atoms with Crippen molar-refractivity contribution in [2.24, 2.45) is 11.7 Å². The summed E-state index contributed by atoms with van der Waals surface area (Å²) in [6.07, 6.45) is 3.94. The third-order valence-electron chi connectivity index (χ3n) is 2.91. The van der Waals surface area contributed by atoms with Gasteiger partial charge in [0.05, 0.1) is 6.04 Å². The average Bonchev–Trinajstić information content (AvgIpc) is 2.74. The van der Waals surface area contributed by atoms with Crippen LogP contribution in [0.5, 0.6) is 0 Å². The molecule has 4 rings (SSSR count). The van der Waals surface area contributed by atoms with Crippen LogP contribution >= 0.6 is 11.6 Å². The largest absolute Gasteiger partial charge is 0.343 e. The fourth-order valence-corrected chi connectivity index (χ4v) is 2.27. The number of aromatic nitrogens is 1. The normalized spacial score (nSPS) is 28.7. The van der Waals surface area contributed by atoms with E-state index in [1.54, 1.807) is 6.20 Å². The van der Waals surface area contributed by atoms with Crippen molar-refractivity contribution < 1.29 is 0 Å². The number of hydrogen-bond acceptors (Lipinski definition) is 3. The molecule has 3 heterocycles. The van der Waals surface area contributed by atoms with Crippen LogP contribution in [0.1, 0.15) is 0 Å². The molecule has 0 saturated carbocycles. The molecule has 1 aromatic rings. The summed E-state index contributed by atoms with van der Waals surface area (Å²) in [6.45, 7) is 0.983. The molecule has 4 heteroatoms. The summed E-state index contributed by atoms with van der Waals surface area (Å²) in [5, 5.41) is 0.528. The minimum Gasteiger partial charge on any atom is -0.343 e. The third-order valence-corrected chi connectivity index (χ3v) is 3.12. The lowest BCUT2D eigenvalue weighted by Gasteiger charge is -2.23. The van der Waals surface area contributed by atoms with E-state index in [2.05, 4.69) is 16.0 Å². The molecule has 14 heavy (non-hydrogen) atoms. The van der Waals surface area contributed by atoms with Crippen molar-refractivity contribution in [2.45, 2.75) is 6.04 Å². The van der Waals surface area contributed by atoms with Crippen LogP contribution in [0, 0.1) is 5.92 Å². The molecule has 2 aliphatic heterocycles. The number of nitrogens with two attached hydrogens (primary N) is 1. The minimum absolute atomic E-state index is 0.224. The highest BCUT2D eigenvalue weighted by atomic mass is 35.5. The van der Waals surface area contributed by atoms with Crippen molar-refractivity contribution in [3.05, 3.63) is 35.3 Å². The van der Waals surface area contributed by atoms with Gasteiger partial charge >= 0.3 is 0 Å². The molecular weight excluding hydrogens is 198 g/mol. The van der Waals surface area contributed by atoms with Gasteiger partial charge in [0.2, 0.25) is 0 Å².